The molecule has 1 N–H and O–H groups in total. The van der Waals surface area contributed by atoms with Gasteiger partial charge in [-0.2, -0.15) is 4.37 Å². The van der Waals surface area contributed by atoms with Crippen LogP contribution in [-0.2, 0) is 6.54 Å². The van der Waals surface area contributed by atoms with Crippen molar-refractivity contribution in [3.8, 4) is 0 Å². The first-order chi connectivity index (χ1) is 7.67. The third-order valence-electron chi connectivity index (χ3n) is 2.10. The molecule has 0 radical (unpaired) electrons. The van der Waals surface area contributed by atoms with Crippen molar-refractivity contribution in [3.05, 3.63) is 10.8 Å². The van der Waals surface area contributed by atoms with Crippen molar-refractivity contribution in [1.29, 1.82) is 0 Å². The first-order valence-electron chi connectivity index (χ1n) is 5.45. The predicted octanol–water partition coefficient (Wildman–Crippen LogP) is 1.86. The standard InChI is InChI=1S/C10H17N3O2S/c1-3-5-13(6-4-2)7-8-11-9(10(14)15)16-12-8/h3-7H2,1-2H3,(H,14,15). The van der Waals surface area contributed by atoms with Crippen LogP contribution in [-0.4, -0.2) is 38.4 Å². The van der Waals surface area contributed by atoms with Gasteiger partial charge in [-0.05, 0) is 37.5 Å². The van der Waals surface area contributed by atoms with Crippen LogP contribution in [0.15, 0.2) is 0 Å². The van der Waals surface area contributed by atoms with Gasteiger partial charge >= 0.3 is 5.97 Å². The second kappa shape index (κ2) is 6.55. The molecular formula is C10H17N3O2S. The molecular weight excluding hydrogens is 226 g/mol. The maximum atomic E-state index is 10.6. The minimum absolute atomic E-state index is 0.0722. The molecule has 0 unspecified atom stereocenters. The highest BCUT2D eigenvalue weighted by atomic mass is 32.1. The van der Waals surface area contributed by atoms with Gasteiger partial charge in [0.2, 0.25) is 5.01 Å². The Kier molecular flexibility index (Phi) is 5.34. The van der Waals surface area contributed by atoms with Crippen LogP contribution in [0.25, 0.3) is 0 Å². The predicted molar refractivity (Wildman–Crippen MR) is 62.7 cm³/mol. The van der Waals surface area contributed by atoms with Crippen LogP contribution in [0.4, 0.5) is 0 Å². The van der Waals surface area contributed by atoms with Crippen molar-refractivity contribution in [1.82, 2.24) is 14.3 Å². The van der Waals surface area contributed by atoms with Gasteiger partial charge in [0.1, 0.15) is 0 Å². The van der Waals surface area contributed by atoms with E-state index in [-0.39, 0.29) is 5.01 Å². The maximum Gasteiger partial charge on any atom is 0.366 e. The molecule has 6 heteroatoms. The summed E-state index contributed by atoms with van der Waals surface area (Å²) in [5.41, 5.74) is 0. The number of carboxylic acids is 1. The van der Waals surface area contributed by atoms with E-state index in [1.807, 2.05) is 0 Å². The molecule has 1 rings (SSSR count). The van der Waals surface area contributed by atoms with Crippen LogP contribution in [0.5, 0.6) is 0 Å². The van der Waals surface area contributed by atoms with Gasteiger partial charge in [-0.3, -0.25) is 4.90 Å². The van der Waals surface area contributed by atoms with Gasteiger partial charge in [-0.25, -0.2) is 9.78 Å². The Hall–Kier alpha value is -1.01. The van der Waals surface area contributed by atoms with Gasteiger partial charge in [-0.15, -0.1) is 0 Å². The number of aromatic carboxylic acids is 1. The Morgan fingerprint density at radius 2 is 2.00 bits per heavy atom. The lowest BCUT2D eigenvalue weighted by Crippen LogP contribution is -2.25. The average Bonchev–Trinajstić information content (AvgIpc) is 2.67. The molecule has 1 heterocycles. The van der Waals surface area contributed by atoms with Crippen molar-refractivity contribution < 1.29 is 9.90 Å². The van der Waals surface area contributed by atoms with E-state index in [1.54, 1.807) is 0 Å². The summed E-state index contributed by atoms with van der Waals surface area (Å²) in [5, 5.41) is 8.81. The molecule has 16 heavy (non-hydrogen) atoms. The quantitative estimate of drug-likeness (QED) is 0.791. The van der Waals surface area contributed by atoms with Crippen LogP contribution < -0.4 is 0 Å². The summed E-state index contributed by atoms with van der Waals surface area (Å²) in [6.07, 6.45) is 2.16. The van der Waals surface area contributed by atoms with Crippen LogP contribution in [0.1, 0.15) is 42.3 Å². The van der Waals surface area contributed by atoms with E-state index < -0.39 is 5.97 Å². The number of rotatable bonds is 7. The van der Waals surface area contributed by atoms with E-state index in [4.69, 9.17) is 5.11 Å². The van der Waals surface area contributed by atoms with Crippen LogP contribution in [0, 0.1) is 0 Å². The summed E-state index contributed by atoms with van der Waals surface area (Å²) in [6.45, 7) is 6.88. The van der Waals surface area contributed by atoms with Gasteiger partial charge in [-0.1, -0.05) is 13.8 Å². The molecule has 0 atom stereocenters. The number of hydrogen-bond donors (Lipinski definition) is 1. The Balaban J connectivity index is 2.58. The lowest BCUT2D eigenvalue weighted by Gasteiger charge is -2.18. The van der Waals surface area contributed by atoms with Crippen molar-refractivity contribution in [2.75, 3.05) is 13.1 Å². The third-order valence-corrected chi connectivity index (χ3v) is 2.84. The summed E-state index contributed by atoms with van der Waals surface area (Å²) in [7, 11) is 0. The maximum absolute atomic E-state index is 10.6. The van der Waals surface area contributed by atoms with E-state index in [1.165, 1.54) is 0 Å². The zero-order chi connectivity index (χ0) is 12.0. The number of nitrogens with zero attached hydrogens (tertiary/aromatic N) is 3. The fraction of sp³-hybridized carbons (Fsp3) is 0.700. The van der Waals surface area contributed by atoms with Crippen LogP contribution >= 0.6 is 11.5 Å². The lowest BCUT2D eigenvalue weighted by atomic mass is 10.3. The fourth-order valence-electron chi connectivity index (χ4n) is 1.51. The Bertz CT molecular complexity index is 335. The molecule has 90 valence electrons. The van der Waals surface area contributed by atoms with E-state index in [0.29, 0.717) is 12.4 Å². The van der Waals surface area contributed by atoms with E-state index in [0.717, 1.165) is 37.5 Å². The van der Waals surface area contributed by atoms with Crippen LogP contribution in [0.2, 0.25) is 0 Å². The molecule has 0 spiro atoms. The topological polar surface area (TPSA) is 66.3 Å². The van der Waals surface area contributed by atoms with E-state index >= 15 is 0 Å². The molecule has 0 aliphatic heterocycles. The van der Waals surface area contributed by atoms with Crippen molar-refractivity contribution in [2.45, 2.75) is 33.2 Å². The number of carboxylic acid groups (broad SMARTS) is 1. The summed E-state index contributed by atoms with van der Waals surface area (Å²) >= 11 is 0.948. The largest absolute Gasteiger partial charge is 0.476 e. The summed E-state index contributed by atoms with van der Waals surface area (Å²) in [6, 6.07) is 0. The lowest BCUT2D eigenvalue weighted by molar-refractivity contribution is 0.0696. The van der Waals surface area contributed by atoms with Crippen LogP contribution in [0.3, 0.4) is 0 Å². The van der Waals surface area contributed by atoms with Gasteiger partial charge in [0.05, 0.1) is 6.54 Å². The highest BCUT2D eigenvalue weighted by Gasteiger charge is 2.12. The van der Waals surface area contributed by atoms with Crippen molar-refractivity contribution in [3.63, 3.8) is 0 Å². The molecule has 0 fully saturated rings. The zero-order valence-electron chi connectivity index (χ0n) is 9.64. The minimum atomic E-state index is -0.999. The van der Waals surface area contributed by atoms with Gasteiger partial charge in [0, 0.05) is 0 Å². The van der Waals surface area contributed by atoms with Gasteiger partial charge < -0.3 is 5.11 Å². The Morgan fingerprint density at radius 1 is 1.38 bits per heavy atom. The molecule has 0 amide bonds. The second-order valence-electron chi connectivity index (χ2n) is 3.60. The molecule has 1 aromatic rings. The molecule has 5 nitrogen and oxygen atoms in total. The Labute approximate surface area is 99.3 Å². The van der Waals surface area contributed by atoms with Gasteiger partial charge in [0.15, 0.2) is 5.82 Å². The number of hydrogen-bond acceptors (Lipinski definition) is 5. The summed E-state index contributed by atoms with van der Waals surface area (Å²) in [4.78, 5) is 16.9. The summed E-state index contributed by atoms with van der Waals surface area (Å²) in [5.74, 6) is -0.384. The smallest absolute Gasteiger partial charge is 0.366 e. The van der Waals surface area contributed by atoms with Gasteiger partial charge in [0.25, 0.3) is 0 Å². The minimum Gasteiger partial charge on any atom is -0.476 e. The number of aromatic nitrogens is 2. The molecule has 0 saturated carbocycles. The first kappa shape index (κ1) is 13.1. The van der Waals surface area contributed by atoms with Crippen molar-refractivity contribution >= 4 is 17.5 Å². The summed E-state index contributed by atoms with van der Waals surface area (Å²) < 4.78 is 4.05. The zero-order valence-corrected chi connectivity index (χ0v) is 10.5. The highest BCUT2D eigenvalue weighted by Crippen LogP contribution is 2.07. The van der Waals surface area contributed by atoms with E-state index in [9.17, 15) is 4.79 Å². The van der Waals surface area contributed by atoms with E-state index in [2.05, 4.69) is 28.1 Å². The normalized spacial score (nSPS) is 10.9. The molecule has 0 saturated heterocycles. The second-order valence-corrected chi connectivity index (χ2v) is 4.35. The number of carbonyl (C=O) groups is 1. The Morgan fingerprint density at radius 3 is 2.44 bits per heavy atom. The van der Waals surface area contributed by atoms with Crippen molar-refractivity contribution in [2.24, 2.45) is 0 Å². The molecule has 1 aromatic heterocycles. The average molecular weight is 243 g/mol. The fourth-order valence-corrected chi connectivity index (χ4v) is 2.02. The monoisotopic (exact) mass is 243 g/mol. The molecule has 0 aromatic carbocycles. The highest BCUT2D eigenvalue weighted by molar-refractivity contribution is 7.07. The molecule has 0 aliphatic rings. The third kappa shape index (κ3) is 3.86. The first-order valence-corrected chi connectivity index (χ1v) is 6.23. The molecule has 0 aliphatic carbocycles. The molecule has 0 bridgehead atoms. The SMILES string of the molecule is CCCN(CCC)Cc1nsc(C(=O)O)n1.